The second-order valence-corrected chi connectivity index (χ2v) is 7.10. The molecule has 1 heterocycles. The van der Waals surface area contributed by atoms with Gasteiger partial charge in [0.25, 0.3) is 0 Å². The van der Waals surface area contributed by atoms with E-state index in [4.69, 9.17) is 46.4 Å². The highest BCUT2D eigenvalue weighted by Crippen LogP contribution is 2.48. The van der Waals surface area contributed by atoms with Gasteiger partial charge in [0.1, 0.15) is 13.1 Å². The zero-order chi connectivity index (χ0) is 13.9. The fraction of sp³-hybridized carbons (Fsp3) is 0.500. The van der Waals surface area contributed by atoms with Gasteiger partial charge in [-0.2, -0.15) is 0 Å². The molecule has 0 aliphatic carbocycles. The number of fused-ring (bicyclic) bond motifs is 1. The lowest BCUT2D eigenvalue weighted by molar-refractivity contribution is -0.945. The molecule has 1 aliphatic rings. The van der Waals surface area contributed by atoms with E-state index in [1.165, 1.54) is 0 Å². The summed E-state index contributed by atoms with van der Waals surface area (Å²) in [5, 5.41) is 14.0. The summed E-state index contributed by atoms with van der Waals surface area (Å²) in [6, 6.07) is 0. The Morgan fingerprint density at radius 1 is 0.833 bits per heavy atom. The second-order valence-electron chi connectivity index (χ2n) is 5.59. The Hall–Kier alpha value is 0.300. The van der Waals surface area contributed by atoms with Crippen LogP contribution in [0, 0.1) is 5.21 Å². The van der Waals surface area contributed by atoms with Crippen LogP contribution in [0.15, 0.2) is 0 Å². The lowest BCUT2D eigenvalue weighted by atomic mass is 10.1. The van der Waals surface area contributed by atoms with Crippen molar-refractivity contribution in [2.24, 2.45) is 0 Å². The molecule has 100 valence electrons. The van der Waals surface area contributed by atoms with Gasteiger partial charge in [-0.3, -0.25) is 0 Å². The van der Waals surface area contributed by atoms with E-state index >= 15 is 0 Å². The van der Waals surface area contributed by atoms with Crippen molar-refractivity contribution in [2.45, 2.75) is 39.4 Å². The Bertz CT molecular complexity index is 485. The molecule has 6 heteroatoms. The average molecular weight is 329 g/mol. The van der Waals surface area contributed by atoms with E-state index in [1.807, 2.05) is 20.8 Å². The SMILES string of the molecule is CC(C)(C)[N+]1([O-])Cc2c(Cl)c(Cl)c(Cl)c(Cl)c2C1. The molecule has 0 saturated carbocycles. The molecule has 1 aromatic rings. The fourth-order valence-electron chi connectivity index (χ4n) is 2.09. The van der Waals surface area contributed by atoms with Crippen LogP contribution in [0.2, 0.25) is 20.1 Å². The number of quaternary nitrogens is 1. The minimum absolute atomic E-state index is 0.226. The molecule has 0 bridgehead atoms. The third-order valence-electron chi connectivity index (χ3n) is 3.52. The molecule has 2 nitrogen and oxygen atoms in total. The molecule has 0 N–H and O–H groups in total. The van der Waals surface area contributed by atoms with Gasteiger partial charge in [0, 0.05) is 11.1 Å². The van der Waals surface area contributed by atoms with E-state index in [9.17, 15) is 5.21 Å². The van der Waals surface area contributed by atoms with Crippen LogP contribution < -0.4 is 0 Å². The molecule has 0 aromatic heterocycles. The monoisotopic (exact) mass is 327 g/mol. The Kier molecular flexibility index (Phi) is 3.60. The molecule has 0 unspecified atom stereocenters. The predicted octanol–water partition coefficient (Wildman–Crippen LogP) is 5.43. The van der Waals surface area contributed by atoms with Gasteiger partial charge in [-0.25, -0.2) is 0 Å². The second kappa shape index (κ2) is 4.41. The molecule has 0 atom stereocenters. The summed E-state index contributed by atoms with van der Waals surface area (Å²) in [5.41, 5.74) is 0.993. The fourth-order valence-corrected chi connectivity index (χ4v) is 3.14. The smallest absolute Gasteiger partial charge is 0.107 e. The van der Waals surface area contributed by atoms with Gasteiger partial charge >= 0.3 is 0 Å². The number of hydrogen-bond donors (Lipinski definition) is 0. The van der Waals surface area contributed by atoms with Gasteiger partial charge in [-0.15, -0.1) is 0 Å². The Balaban J connectivity index is 2.61. The highest BCUT2D eigenvalue weighted by atomic mass is 35.5. The topological polar surface area (TPSA) is 23.1 Å². The van der Waals surface area contributed by atoms with Crippen LogP contribution >= 0.6 is 46.4 Å². The van der Waals surface area contributed by atoms with Crippen LogP contribution in [0.25, 0.3) is 0 Å². The van der Waals surface area contributed by atoms with Crippen molar-refractivity contribution in [3.63, 3.8) is 0 Å². The minimum Gasteiger partial charge on any atom is -0.632 e. The standard InChI is InChI=1S/C12H13Cl4NO/c1-12(2,3)17(18)4-6-7(5-17)9(14)11(16)10(15)8(6)13/h4-5H2,1-3H3. The quantitative estimate of drug-likeness (QED) is 0.269. The van der Waals surface area contributed by atoms with Crippen molar-refractivity contribution < 1.29 is 4.65 Å². The molecule has 0 spiro atoms. The van der Waals surface area contributed by atoms with Crippen molar-refractivity contribution in [1.82, 2.24) is 0 Å². The summed E-state index contributed by atoms with van der Waals surface area (Å²) in [7, 11) is 0. The first-order chi connectivity index (χ1) is 8.08. The first-order valence-electron chi connectivity index (χ1n) is 5.50. The molecule has 0 fully saturated rings. The van der Waals surface area contributed by atoms with Gasteiger partial charge in [0.05, 0.1) is 25.6 Å². The minimum atomic E-state index is -0.454. The zero-order valence-corrected chi connectivity index (χ0v) is 13.3. The highest BCUT2D eigenvalue weighted by molar-refractivity contribution is 6.52. The zero-order valence-electron chi connectivity index (χ0n) is 10.3. The third kappa shape index (κ3) is 2.04. The molecular formula is C12H13Cl4NO. The van der Waals surface area contributed by atoms with E-state index in [1.54, 1.807) is 0 Å². The normalized spacial score (nSPS) is 18.0. The molecule has 1 aromatic carbocycles. The third-order valence-corrected chi connectivity index (χ3v) is 5.40. The summed E-state index contributed by atoms with van der Waals surface area (Å²) in [6.07, 6.45) is 0. The molecule has 2 rings (SSSR count). The molecule has 0 saturated heterocycles. The van der Waals surface area contributed by atoms with Crippen LogP contribution in [0.1, 0.15) is 31.9 Å². The molecule has 1 aliphatic heterocycles. The molecule has 18 heavy (non-hydrogen) atoms. The van der Waals surface area contributed by atoms with Gasteiger partial charge in [-0.05, 0) is 20.8 Å². The van der Waals surface area contributed by atoms with Crippen molar-refractivity contribution in [3.05, 3.63) is 36.4 Å². The van der Waals surface area contributed by atoms with E-state index in [0.29, 0.717) is 10.0 Å². The Morgan fingerprint density at radius 3 is 1.44 bits per heavy atom. The largest absolute Gasteiger partial charge is 0.632 e. The molecular weight excluding hydrogens is 316 g/mol. The number of hydrogen-bond acceptors (Lipinski definition) is 1. The van der Waals surface area contributed by atoms with Gasteiger partial charge in [0.15, 0.2) is 0 Å². The summed E-state index contributed by atoms with van der Waals surface area (Å²) >= 11 is 24.4. The summed E-state index contributed by atoms with van der Waals surface area (Å²) in [6.45, 7) is 6.24. The number of nitrogens with zero attached hydrogens (tertiary/aromatic N) is 1. The van der Waals surface area contributed by atoms with Crippen molar-refractivity contribution >= 4 is 46.4 Å². The molecule has 0 radical (unpaired) electrons. The van der Waals surface area contributed by atoms with Crippen molar-refractivity contribution in [2.75, 3.05) is 0 Å². The van der Waals surface area contributed by atoms with E-state index < -0.39 is 10.2 Å². The van der Waals surface area contributed by atoms with Crippen LogP contribution in [0.3, 0.4) is 0 Å². The summed E-state index contributed by atoms with van der Waals surface area (Å²) < 4.78 is -0.404. The Morgan fingerprint density at radius 2 is 1.17 bits per heavy atom. The van der Waals surface area contributed by atoms with Crippen molar-refractivity contribution in [3.8, 4) is 0 Å². The summed E-state index contributed by atoms with van der Waals surface area (Å²) in [5.74, 6) is 0. The van der Waals surface area contributed by atoms with Crippen molar-refractivity contribution in [1.29, 1.82) is 0 Å². The lowest BCUT2D eigenvalue weighted by Crippen LogP contribution is -2.51. The maximum absolute atomic E-state index is 12.8. The van der Waals surface area contributed by atoms with Gasteiger partial charge in [-0.1, -0.05) is 46.4 Å². The van der Waals surface area contributed by atoms with Gasteiger partial charge < -0.3 is 9.85 Å². The van der Waals surface area contributed by atoms with Crippen LogP contribution in [0.5, 0.6) is 0 Å². The first kappa shape index (κ1) is 14.7. The van der Waals surface area contributed by atoms with E-state index in [2.05, 4.69) is 0 Å². The van der Waals surface area contributed by atoms with Gasteiger partial charge in [0.2, 0.25) is 0 Å². The summed E-state index contributed by atoms with van der Waals surface area (Å²) in [4.78, 5) is 0. The van der Waals surface area contributed by atoms with Crippen LogP contribution in [-0.4, -0.2) is 10.2 Å². The van der Waals surface area contributed by atoms with Crippen LogP contribution in [-0.2, 0) is 13.1 Å². The average Bonchev–Trinajstić information content (AvgIpc) is 2.63. The first-order valence-corrected chi connectivity index (χ1v) is 7.01. The predicted molar refractivity (Wildman–Crippen MR) is 77.3 cm³/mol. The number of halogens is 4. The maximum Gasteiger partial charge on any atom is 0.107 e. The highest BCUT2D eigenvalue weighted by Gasteiger charge is 2.41. The number of benzene rings is 1. The lowest BCUT2D eigenvalue weighted by Gasteiger charge is -2.49. The number of hydroxylamine groups is 3. The van der Waals surface area contributed by atoms with Crippen LogP contribution in [0.4, 0.5) is 0 Å². The maximum atomic E-state index is 12.8. The van der Waals surface area contributed by atoms with E-state index in [0.717, 1.165) is 11.1 Å². The van der Waals surface area contributed by atoms with E-state index in [-0.39, 0.29) is 23.1 Å². The number of rotatable bonds is 0. The molecule has 0 amide bonds. The Labute approximate surface area is 127 Å².